The van der Waals surface area contributed by atoms with E-state index in [-0.39, 0.29) is 18.1 Å². The molecule has 4 nitrogen and oxygen atoms in total. The van der Waals surface area contributed by atoms with Crippen LogP contribution in [-0.2, 0) is 4.79 Å². The van der Waals surface area contributed by atoms with Crippen molar-refractivity contribution >= 4 is 27.6 Å². The Balaban J connectivity index is 1.90. The monoisotopic (exact) mass is 438 g/mol. The average Bonchev–Trinajstić information content (AvgIpc) is 2.75. The van der Waals surface area contributed by atoms with Gasteiger partial charge in [-0.15, -0.1) is 0 Å². The number of halogens is 1. The maximum absolute atomic E-state index is 13.1. The van der Waals surface area contributed by atoms with E-state index in [0.29, 0.717) is 18.7 Å². The fourth-order valence-corrected chi connectivity index (χ4v) is 3.97. The summed E-state index contributed by atoms with van der Waals surface area (Å²) >= 11 is 3.42. The fourth-order valence-electron chi connectivity index (χ4n) is 3.71. The van der Waals surface area contributed by atoms with Gasteiger partial charge in [0.15, 0.2) is 5.78 Å². The molecule has 1 amide bonds. The molecule has 0 unspecified atom stereocenters. The number of Topliss-reactive ketones (excluding diaryl/α,β-unsaturated/α-hetero) is 1. The number of carbonyl (C=O) groups is 2. The first-order chi connectivity index (χ1) is 13.6. The van der Waals surface area contributed by atoms with E-state index in [9.17, 15) is 14.9 Å². The molecule has 144 valence electrons. The summed E-state index contributed by atoms with van der Waals surface area (Å²) in [6, 6.07) is 18.8. The van der Waals surface area contributed by atoms with Gasteiger partial charge >= 0.3 is 0 Å². The Labute approximate surface area is 174 Å². The molecule has 2 aromatic rings. The number of carbonyl (C=O) groups excluding carboxylic acids is 2. The van der Waals surface area contributed by atoms with E-state index in [2.05, 4.69) is 22.0 Å². The number of piperidine rings is 1. The maximum Gasteiger partial charge on any atom is 0.240 e. The summed E-state index contributed by atoms with van der Waals surface area (Å²) in [4.78, 5) is 27.8. The van der Waals surface area contributed by atoms with E-state index in [0.717, 1.165) is 29.3 Å². The Morgan fingerprint density at radius 1 is 1.00 bits per heavy atom. The highest BCUT2D eigenvalue weighted by atomic mass is 79.9. The number of rotatable bonds is 6. The number of nitriles is 1. The van der Waals surface area contributed by atoms with E-state index in [1.807, 2.05) is 42.5 Å². The van der Waals surface area contributed by atoms with Crippen molar-refractivity contribution in [2.45, 2.75) is 31.6 Å². The Bertz CT molecular complexity index is 852. The molecule has 28 heavy (non-hydrogen) atoms. The zero-order chi connectivity index (χ0) is 19.9. The van der Waals surface area contributed by atoms with Gasteiger partial charge in [-0.3, -0.25) is 9.59 Å². The predicted molar refractivity (Wildman–Crippen MR) is 112 cm³/mol. The number of amides is 1. The Kier molecular flexibility index (Phi) is 7.00. The van der Waals surface area contributed by atoms with Crippen LogP contribution in [0.25, 0.3) is 0 Å². The van der Waals surface area contributed by atoms with Crippen LogP contribution < -0.4 is 0 Å². The molecule has 1 aliphatic rings. The summed E-state index contributed by atoms with van der Waals surface area (Å²) in [6.07, 6.45) is 3.18. The van der Waals surface area contributed by atoms with Crippen LogP contribution in [0.15, 0.2) is 59.1 Å². The van der Waals surface area contributed by atoms with Gasteiger partial charge in [-0.2, -0.15) is 5.26 Å². The van der Waals surface area contributed by atoms with Crippen molar-refractivity contribution in [3.63, 3.8) is 0 Å². The molecule has 0 aromatic heterocycles. The first-order valence-corrected chi connectivity index (χ1v) is 10.4. The highest BCUT2D eigenvalue weighted by Crippen LogP contribution is 2.32. The van der Waals surface area contributed by atoms with E-state index < -0.39 is 11.8 Å². The third-order valence-electron chi connectivity index (χ3n) is 5.27. The standard InChI is InChI=1S/C23H23BrN2O2/c24-19-11-9-17(10-12-19)20(15-22(27)18-7-3-1-4-8-18)21(16-25)23(28)26-13-5-2-6-14-26/h1,3-4,7-12,20-21H,2,5-6,13-15H2/t20-,21+/m1/s1. The number of ketones is 1. The first kappa shape index (κ1) is 20.3. The van der Waals surface area contributed by atoms with E-state index >= 15 is 0 Å². The molecule has 1 saturated heterocycles. The lowest BCUT2D eigenvalue weighted by molar-refractivity contribution is -0.135. The molecule has 0 bridgehead atoms. The highest BCUT2D eigenvalue weighted by molar-refractivity contribution is 9.10. The molecule has 1 fully saturated rings. The molecule has 0 N–H and O–H groups in total. The average molecular weight is 439 g/mol. The van der Waals surface area contributed by atoms with Crippen molar-refractivity contribution in [2.75, 3.05) is 13.1 Å². The normalized spacial score (nSPS) is 16.1. The van der Waals surface area contributed by atoms with Crippen molar-refractivity contribution in [3.05, 3.63) is 70.2 Å². The minimum absolute atomic E-state index is 0.0554. The Morgan fingerprint density at radius 3 is 2.25 bits per heavy atom. The van der Waals surface area contributed by atoms with E-state index in [1.54, 1.807) is 17.0 Å². The lowest BCUT2D eigenvalue weighted by Gasteiger charge is -2.31. The molecule has 1 heterocycles. The number of benzene rings is 2. The topological polar surface area (TPSA) is 61.2 Å². The second-order valence-electron chi connectivity index (χ2n) is 7.14. The SMILES string of the molecule is N#C[C@H](C(=O)N1CCCCC1)[C@H](CC(=O)c1ccccc1)c1ccc(Br)cc1. The zero-order valence-electron chi connectivity index (χ0n) is 15.7. The number of nitrogens with zero attached hydrogens (tertiary/aromatic N) is 2. The number of hydrogen-bond acceptors (Lipinski definition) is 3. The van der Waals surface area contributed by atoms with Crippen LogP contribution in [0.3, 0.4) is 0 Å². The number of hydrogen-bond donors (Lipinski definition) is 0. The molecule has 0 aliphatic carbocycles. The van der Waals surface area contributed by atoms with Gasteiger partial charge in [-0.25, -0.2) is 0 Å². The Morgan fingerprint density at radius 2 is 1.64 bits per heavy atom. The minimum atomic E-state index is -0.869. The molecule has 0 spiro atoms. The largest absolute Gasteiger partial charge is 0.342 e. The molecule has 2 atom stereocenters. The van der Waals surface area contributed by atoms with Crippen LogP contribution in [0.1, 0.15) is 47.5 Å². The molecular formula is C23H23BrN2O2. The summed E-state index contributed by atoms with van der Waals surface area (Å²) in [6.45, 7) is 1.38. The second-order valence-corrected chi connectivity index (χ2v) is 8.06. The molecule has 2 aromatic carbocycles. The molecular weight excluding hydrogens is 416 g/mol. The lowest BCUT2D eigenvalue weighted by Crippen LogP contribution is -2.41. The summed E-state index contributed by atoms with van der Waals surface area (Å²) in [7, 11) is 0. The lowest BCUT2D eigenvalue weighted by atomic mass is 9.81. The predicted octanol–water partition coefficient (Wildman–Crippen LogP) is 4.96. The van der Waals surface area contributed by atoms with Gasteiger partial charge < -0.3 is 4.90 Å². The molecule has 0 saturated carbocycles. The highest BCUT2D eigenvalue weighted by Gasteiger charge is 2.35. The van der Waals surface area contributed by atoms with Crippen molar-refractivity contribution in [1.82, 2.24) is 4.90 Å². The summed E-state index contributed by atoms with van der Waals surface area (Å²) in [5.41, 5.74) is 1.44. The van der Waals surface area contributed by atoms with Crippen LogP contribution in [0.5, 0.6) is 0 Å². The van der Waals surface area contributed by atoms with Gasteiger partial charge in [0, 0.05) is 35.5 Å². The van der Waals surface area contributed by atoms with Crippen LogP contribution in [0.4, 0.5) is 0 Å². The maximum atomic E-state index is 13.1. The van der Waals surface area contributed by atoms with Crippen LogP contribution in [0.2, 0.25) is 0 Å². The fraction of sp³-hybridized carbons (Fsp3) is 0.348. The van der Waals surface area contributed by atoms with Crippen LogP contribution in [0, 0.1) is 17.2 Å². The quantitative estimate of drug-likeness (QED) is 0.598. The van der Waals surface area contributed by atoms with Crippen molar-refractivity contribution in [2.24, 2.45) is 5.92 Å². The van der Waals surface area contributed by atoms with Crippen molar-refractivity contribution in [1.29, 1.82) is 5.26 Å². The summed E-state index contributed by atoms with van der Waals surface area (Å²) in [5, 5.41) is 9.88. The van der Waals surface area contributed by atoms with Gasteiger partial charge in [0.1, 0.15) is 5.92 Å². The molecule has 3 rings (SSSR count). The van der Waals surface area contributed by atoms with Gasteiger partial charge in [-0.05, 0) is 37.0 Å². The van der Waals surface area contributed by atoms with Gasteiger partial charge in [0.25, 0.3) is 0 Å². The van der Waals surface area contributed by atoms with Crippen molar-refractivity contribution in [3.8, 4) is 6.07 Å². The van der Waals surface area contributed by atoms with Gasteiger partial charge in [0.05, 0.1) is 6.07 Å². The first-order valence-electron chi connectivity index (χ1n) is 9.62. The van der Waals surface area contributed by atoms with Crippen LogP contribution in [-0.4, -0.2) is 29.7 Å². The smallest absolute Gasteiger partial charge is 0.240 e. The number of likely N-dealkylation sites (tertiary alicyclic amines) is 1. The van der Waals surface area contributed by atoms with E-state index in [1.165, 1.54) is 0 Å². The van der Waals surface area contributed by atoms with Gasteiger partial charge in [0.2, 0.25) is 5.91 Å². The Hall–Kier alpha value is -2.45. The second kappa shape index (κ2) is 9.66. The minimum Gasteiger partial charge on any atom is -0.342 e. The molecule has 0 radical (unpaired) electrons. The van der Waals surface area contributed by atoms with Gasteiger partial charge in [-0.1, -0.05) is 58.4 Å². The molecule has 1 aliphatic heterocycles. The summed E-state index contributed by atoms with van der Waals surface area (Å²) < 4.78 is 0.917. The van der Waals surface area contributed by atoms with Crippen LogP contribution >= 0.6 is 15.9 Å². The van der Waals surface area contributed by atoms with Crippen molar-refractivity contribution < 1.29 is 9.59 Å². The van der Waals surface area contributed by atoms with E-state index in [4.69, 9.17) is 0 Å². The summed E-state index contributed by atoms with van der Waals surface area (Å²) in [5.74, 6) is -1.55. The molecule has 5 heteroatoms. The third-order valence-corrected chi connectivity index (χ3v) is 5.80. The third kappa shape index (κ3) is 4.88. The zero-order valence-corrected chi connectivity index (χ0v) is 17.3.